The van der Waals surface area contributed by atoms with Crippen molar-refractivity contribution in [2.24, 2.45) is 0 Å². The third-order valence-corrected chi connectivity index (χ3v) is 6.38. The summed E-state index contributed by atoms with van der Waals surface area (Å²) in [6.45, 7) is 9.67. The predicted molar refractivity (Wildman–Crippen MR) is 121 cm³/mol. The van der Waals surface area contributed by atoms with Crippen molar-refractivity contribution in [3.8, 4) is 0 Å². The molecule has 2 fully saturated rings. The van der Waals surface area contributed by atoms with E-state index in [4.69, 9.17) is 14.7 Å². The highest BCUT2D eigenvalue weighted by Gasteiger charge is 2.38. The Kier molecular flexibility index (Phi) is 6.53. The van der Waals surface area contributed by atoms with Crippen LogP contribution in [0.3, 0.4) is 0 Å². The van der Waals surface area contributed by atoms with Gasteiger partial charge in [0.25, 0.3) is 5.91 Å². The molecule has 2 saturated heterocycles. The second kappa shape index (κ2) is 9.32. The third kappa shape index (κ3) is 4.88. The van der Waals surface area contributed by atoms with Gasteiger partial charge in [0.1, 0.15) is 11.6 Å². The van der Waals surface area contributed by atoms with Crippen molar-refractivity contribution in [2.45, 2.75) is 38.6 Å². The van der Waals surface area contributed by atoms with Crippen molar-refractivity contribution in [1.82, 2.24) is 19.8 Å². The van der Waals surface area contributed by atoms with Gasteiger partial charge in [-0.2, -0.15) is 0 Å². The van der Waals surface area contributed by atoms with Crippen molar-refractivity contribution in [2.75, 3.05) is 51.8 Å². The van der Waals surface area contributed by atoms with E-state index in [9.17, 15) is 4.79 Å². The van der Waals surface area contributed by atoms with Crippen LogP contribution in [0.15, 0.2) is 30.3 Å². The molecule has 2 aliphatic heterocycles. The van der Waals surface area contributed by atoms with Gasteiger partial charge in [0.2, 0.25) is 0 Å². The topological polar surface area (TPSA) is 70.6 Å². The van der Waals surface area contributed by atoms with Crippen LogP contribution in [0.5, 0.6) is 0 Å². The van der Waals surface area contributed by atoms with Crippen molar-refractivity contribution in [3.05, 3.63) is 53.0 Å². The molecule has 2 aliphatic rings. The number of amides is 1. The Labute approximate surface area is 184 Å². The number of carbonyl (C=O) groups is 1. The van der Waals surface area contributed by atoms with E-state index in [1.807, 2.05) is 43.1 Å². The van der Waals surface area contributed by atoms with Gasteiger partial charge in [-0.3, -0.25) is 9.69 Å². The Morgan fingerprint density at radius 3 is 2.74 bits per heavy atom. The first-order valence-electron chi connectivity index (χ1n) is 11.2. The van der Waals surface area contributed by atoms with Gasteiger partial charge in [0, 0.05) is 62.5 Å². The molecule has 3 heterocycles. The average Bonchev–Trinajstić information content (AvgIpc) is 2.79. The zero-order valence-electron chi connectivity index (χ0n) is 18.9. The van der Waals surface area contributed by atoms with E-state index >= 15 is 0 Å². The number of nitrogens with one attached hydrogen (secondary N) is 1. The van der Waals surface area contributed by atoms with Gasteiger partial charge in [-0.25, -0.2) is 9.97 Å². The molecule has 1 aromatic heterocycles. The molecule has 1 aromatic carbocycles. The molecule has 31 heavy (non-hydrogen) atoms. The molecule has 0 aliphatic carbocycles. The minimum absolute atomic E-state index is 0.108. The third-order valence-electron chi connectivity index (χ3n) is 6.38. The summed E-state index contributed by atoms with van der Waals surface area (Å²) in [7, 11) is 1.87. The van der Waals surface area contributed by atoms with Crippen LogP contribution in [0.25, 0.3) is 0 Å². The zero-order valence-corrected chi connectivity index (χ0v) is 18.9. The first-order valence-corrected chi connectivity index (χ1v) is 11.2. The van der Waals surface area contributed by atoms with Crippen LogP contribution in [0.2, 0.25) is 0 Å². The number of nitrogens with zero attached hydrogens (tertiary/aromatic N) is 4. The molecule has 1 N–H and O–H groups in total. The standard InChI is InChI=1S/C24H33N5O2/c1-18-15-21(25-3)27-23(26-18)24(2)9-6-10-29(17-24)22(30)20-8-5-4-7-19(20)16-28-11-13-31-14-12-28/h4-5,7-8,15H,6,9-14,16-17H2,1-3H3,(H,25,26,27). The summed E-state index contributed by atoms with van der Waals surface area (Å²) < 4.78 is 5.47. The van der Waals surface area contributed by atoms with E-state index in [-0.39, 0.29) is 11.3 Å². The SMILES string of the molecule is CNc1cc(C)nc(C2(C)CCCN(C(=O)c3ccccc3CN3CCOCC3)C2)n1. The van der Waals surface area contributed by atoms with Crippen molar-refractivity contribution in [3.63, 3.8) is 0 Å². The molecule has 1 amide bonds. The van der Waals surface area contributed by atoms with Crippen LogP contribution in [-0.4, -0.2) is 72.1 Å². The maximum absolute atomic E-state index is 13.6. The van der Waals surface area contributed by atoms with E-state index in [2.05, 4.69) is 23.2 Å². The summed E-state index contributed by atoms with van der Waals surface area (Å²) in [6, 6.07) is 9.97. The average molecular weight is 424 g/mol. The molecule has 1 atom stereocenters. The van der Waals surface area contributed by atoms with Gasteiger partial charge in [-0.15, -0.1) is 0 Å². The second-order valence-electron chi connectivity index (χ2n) is 8.90. The maximum Gasteiger partial charge on any atom is 0.254 e. The number of benzene rings is 1. The van der Waals surface area contributed by atoms with Gasteiger partial charge in [-0.05, 0) is 31.4 Å². The van der Waals surface area contributed by atoms with Crippen LogP contribution in [0, 0.1) is 6.92 Å². The first kappa shape index (κ1) is 21.7. The van der Waals surface area contributed by atoms with Crippen molar-refractivity contribution >= 4 is 11.7 Å². The lowest BCUT2D eigenvalue weighted by Crippen LogP contribution is -2.48. The number of ether oxygens (including phenoxy) is 1. The van der Waals surface area contributed by atoms with Gasteiger partial charge >= 0.3 is 0 Å². The number of morpholine rings is 1. The number of anilines is 1. The van der Waals surface area contributed by atoms with Gasteiger partial charge in [-0.1, -0.05) is 25.1 Å². The number of hydrogen-bond donors (Lipinski definition) is 1. The molecular formula is C24H33N5O2. The van der Waals surface area contributed by atoms with E-state index in [1.165, 1.54) is 0 Å². The quantitative estimate of drug-likeness (QED) is 0.798. The Bertz CT molecular complexity index is 928. The molecule has 0 spiro atoms. The number of carbonyl (C=O) groups excluding carboxylic acids is 1. The molecule has 166 valence electrons. The van der Waals surface area contributed by atoms with E-state index in [1.54, 1.807) is 0 Å². The number of piperidine rings is 1. The molecule has 2 aromatic rings. The summed E-state index contributed by atoms with van der Waals surface area (Å²) >= 11 is 0. The highest BCUT2D eigenvalue weighted by atomic mass is 16.5. The van der Waals surface area contributed by atoms with E-state index in [0.29, 0.717) is 6.54 Å². The lowest BCUT2D eigenvalue weighted by molar-refractivity contribution is 0.0339. The molecule has 0 radical (unpaired) electrons. The highest BCUT2D eigenvalue weighted by molar-refractivity contribution is 5.95. The smallest absolute Gasteiger partial charge is 0.254 e. The van der Waals surface area contributed by atoms with Crippen molar-refractivity contribution in [1.29, 1.82) is 0 Å². The summed E-state index contributed by atoms with van der Waals surface area (Å²) in [5.41, 5.74) is 2.57. The Hall–Kier alpha value is -2.51. The van der Waals surface area contributed by atoms with Crippen molar-refractivity contribution < 1.29 is 9.53 Å². The molecule has 0 saturated carbocycles. The van der Waals surface area contributed by atoms with Crippen LogP contribution in [-0.2, 0) is 16.7 Å². The van der Waals surface area contributed by atoms with Crippen LogP contribution in [0.1, 0.15) is 47.2 Å². The molecular weight excluding hydrogens is 390 g/mol. The van der Waals surface area contributed by atoms with Gasteiger partial charge in [0.05, 0.1) is 13.2 Å². The summed E-state index contributed by atoms with van der Waals surface area (Å²) in [5.74, 6) is 1.75. The molecule has 0 bridgehead atoms. The maximum atomic E-state index is 13.6. The van der Waals surface area contributed by atoms with E-state index in [0.717, 1.165) is 80.7 Å². The molecule has 7 heteroatoms. The largest absolute Gasteiger partial charge is 0.379 e. The molecule has 7 nitrogen and oxygen atoms in total. The van der Waals surface area contributed by atoms with Gasteiger partial charge in [0.15, 0.2) is 0 Å². The first-order chi connectivity index (χ1) is 15.0. The zero-order chi connectivity index (χ0) is 21.8. The number of likely N-dealkylation sites (tertiary alicyclic amines) is 1. The number of aromatic nitrogens is 2. The fourth-order valence-corrected chi connectivity index (χ4v) is 4.60. The summed E-state index contributed by atoms with van der Waals surface area (Å²) in [5, 5.41) is 3.13. The summed E-state index contributed by atoms with van der Waals surface area (Å²) in [4.78, 5) is 27.4. The van der Waals surface area contributed by atoms with E-state index < -0.39 is 0 Å². The van der Waals surface area contributed by atoms with Crippen LogP contribution in [0.4, 0.5) is 5.82 Å². The minimum Gasteiger partial charge on any atom is -0.379 e. The normalized spacial score (nSPS) is 22.4. The molecule has 1 unspecified atom stereocenters. The fraction of sp³-hybridized carbons (Fsp3) is 0.542. The van der Waals surface area contributed by atoms with Crippen LogP contribution < -0.4 is 5.32 Å². The highest BCUT2D eigenvalue weighted by Crippen LogP contribution is 2.33. The fourth-order valence-electron chi connectivity index (χ4n) is 4.60. The Morgan fingerprint density at radius 2 is 1.97 bits per heavy atom. The Balaban J connectivity index is 1.55. The lowest BCUT2D eigenvalue weighted by Gasteiger charge is -2.40. The predicted octanol–water partition coefficient (Wildman–Crippen LogP) is 2.85. The lowest BCUT2D eigenvalue weighted by atomic mass is 9.80. The second-order valence-corrected chi connectivity index (χ2v) is 8.90. The minimum atomic E-state index is -0.259. The van der Waals surface area contributed by atoms with Crippen LogP contribution >= 0.6 is 0 Å². The number of aryl methyl sites for hydroxylation is 1. The van der Waals surface area contributed by atoms with Gasteiger partial charge < -0.3 is 15.0 Å². The number of rotatable bonds is 5. The monoisotopic (exact) mass is 423 g/mol. The summed E-state index contributed by atoms with van der Waals surface area (Å²) in [6.07, 6.45) is 1.92. The molecule has 4 rings (SSSR count). The number of hydrogen-bond acceptors (Lipinski definition) is 6. The Morgan fingerprint density at radius 1 is 1.19 bits per heavy atom.